The molecule has 0 bridgehead atoms. The minimum atomic E-state index is 0.476. The Morgan fingerprint density at radius 1 is 1.06 bits per heavy atom. The third kappa shape index (κ3) is 2.83. The fourth-order valence-corrected chi connectivity index (χ4v) is 3.89. The van der Waals surface area contributed by atoms with Crippen molar-refractivity contribution in [1.29, 1.82) is 0 Å². The first-order valence-corrected chi connectivity index (χ1v) is 7.49. The van der Waals surface area contributed by atoms with Crippen molar-refractivity contribution < 1.29 is 4.74 Å². The Morgan fingerprint density at radius 3 is 2.94 bits per heavy atom. The maximum atomic E-state index is 5.75. The molecule has 1 aliphatic carbocycles. The van der Waals surface area contributed by atoms with E-state index in [9.17, 15) is 0 Å². The van der Waals surface area contributed by atoms with Crippen LogP contribution in [0.1, 0.15) is 38.5 Å². The maximum Gasteiger partial charge on any atom is 0.0699 e. The summed E-state index contributed by atoms with van der Waals surface area (Å²) in [7, 11) is 0. The van der Waals surface area contributed by atoms with Crippen molar-refractivity contribution in [3.63, 3.8) is 0 Å². The Labute approximate surface area is 105 Å². The van der Waals surface area contributed by atoms with Crippen molar-refractivity contribution in [2.45, 2.75) is 50.7 Å². The molecule has 0 amide bonds. The van der Waals surface area contributed by atoms with Gasteiger partial charge in [0.15, 0.2) is 0 Å². The monoisotopic (exact) mass is 238 g/mol. The SMILES string of the molecule is C1CCC(CNCC2NCC3CCCC32)OC1. The molecule has 0 aromatic carbocycles. The van der Waals surface area contributed by atoms with Crippen molar-refractivity contribution in [1.82, 2.24) is 10.6 Å². The standard InChI is InChI=1S/C14H26N2O/c1-2-7-17-12(5-1)9-15-10-14-13-6-3-4-11(13)8-16-14/h11-16H,1-10H2. The molecule has 2 aliphatic heterocycles. The van der Waals surface area contributed by atoms with Crippen molar-refractivity contribution in [3.8, 4) is 0 Å². The summed E-state index contributed by atoms with van der Waals surface area (Å²) in [4.78, 5) is 0. The molecule has 2 N–H and O–H groups in total. The number of ether oxygens (including phenoxy) is 1. The van der Waals surface area contributed by atoms with Gasteiger partial charge >= 0.3 is 0 Å². The predicted molar refractivity (Wildman–Crippen MR) is 69.1 cm³/mol. The predicted octanol–water partition coefficient (Wildman–Crippen LogP) is 1.53. The van der Waals surface area contributed by atoms with Gasteiger partial charge in [-0.1, -0.05) is 6.42 Å². The molecule has 0 spiro atoms. The molecule has 3 nitrogen and oxygen atoms in total. The van der Waals surface area contributed by atoms with Gasteiger partial charge in [0.05, 0.1) is 6.10 Å². The minimum Gasteiger partial charge on any atom is -0.377 e. The van der Waals surface area contributed by atoms with E-state index in [0.717, 1.165) is 37.6 Å². The molecule has 2 heterocycles. The summed E-state index contributed by atoms with van der Waals surface area (Å²) in [5.74, 6) is 1.93. The van der Waals surface area contributed by atoms with Crippen LogP contribution in [0.25, 0.3) is 0 Å². The molecular formula is C14H26N2O. The second-order valence-corrected chi connectivity index (χ2v) is 6.02. The zero-order valence-corrected chi connectivity index (χ0v) is 10.8. The summed E-state index contributed by atoms with van der Waals surface area (Å²) in [5.41, 5.74) is 0. The molecule has 3 heteroatoms. The van der Waals surface area contributed by atoms with E-state index in [1.807, 2.05) is 0 Å². The van der Waals surface area contributed by atoms with Gasteiger partial charge in [-0.15, -0.1) is 0 Å². The topological polar surface area (TPSA) is 33.3 Å². The molecule has 0 aromatic heterocycles. The fourth-order valence-electron chi connectivity index (χ4n) is 3.89. The summed E-state index contributed by atoms with van der Waals surface area (Å²) < 4.78 is 5.75. The molecule has 0 radical (unpaired) electrons. The zero-order valence-electron chi connectivity index (χ0n) is 10.8. The average molecular weight is 238 g/mol. The van der Waals surface area contributed by atoms with Gasteiger partial charge in [0.2, 0.25) is 0 Å². The highest BCUT2D eigenvalue weighted by Crippen LogP contribution is 2.37. The summed E-state index contributed by atoms with van der Waals surface area (Å²) in [6.07, 6.45) is 8.69. The van der Waals surface area contributed by atoms with Gasteiger partial charge in [0.25, 0.3) is 0 Å². The molecule has 17 heavy (non-hydrogen) atoms. The van der Waals surface area contributed by atoms with Crippen LogP contribution in [0.3, 0.4) is 0 Å². The summed E-state index contributed by atoms with van der Waals surface area (Å²) >= 11 is 0. The molecule has 4 unspecified atom stereocenters. The van der Waals surface area contributed by atoms with Crippen molar-refractivity contribution in [2.75, 3.05) is 26.2 Å². The van der Waals surface area contributed by atoms with Gasteiger partial charge in [-0.25, -0.2) is 0 Å². The van der Waals surface area contributed by atoms with Gasteiger partial charge in [-0.05, 0) is 50.5 Å². The molecule has 0 aromatic rings. The summed E-state index contributed by atoms with van der Waals surface area (Å²) in [6.45, 7) is 4.42. The molecule has 3 aliphatic rings. The molecule has 2 saturated heterocycles. The van der Waals surface area contributed by atoms with E-state index in [-0.39, 0.29) is 0 Å². The third-order valence-corrected chi connectivity index (χ3v) is 4.89. The Hall–Kier alpha value is -0.120. The van der Waals surface area contributed by atoms with Crippen LogP contribution in [0.2, 0.25) is 0 Å². The van der Waals surface area contributed by atoms with Crippen LogP contribution in [-0.4, -0.2) is 38.4 Å². The minimum absolute atomic E-state index is 0.476. The lowest BCUT2D eigenvalue weighted by Gasteiger charge is -2.25. The first-order chi connectivity index (χ1) is 8.43. The molecule has 98 valence electrons. The van der Waals surface area contributed by atoms with Crippen LogP contribution in [0.15, 0.2) is 0 Å². The van der Waals surface area contributed by atoms with Crippen molar-refractivity contribution in [2.24, 2.45) is 11.8 Å². The molecule has 1 saturated carbocycles. The normalized spacial score (nSPS) is 41.6. The summed E-state index contributed by atoms with van der Waals surface area (Å²) in [5, 5.41) is 7.32. The highest BCUT2D eigenvalue weighted by molar-refractivity contribution is 4.95. The van der Waals surface area contributed by atoms with Crippen LogP contribution >= 0.6 is 0 Å². The number of hydrogen-bond acceptors (Lipinski definition) is 3. The Morgan fingerprint density at radius 2 is 2.06 bits per heavy atom. The van der Waals surface area contributed by atoms with Crippen molar-refractivity contribution >= 4 is 0 Å². The number of rotatable bonds is 4. The zero-order chi connectivity index (χ0) is 11.5. The second kappa shape index (κ2) is 5.68. The van der Waals surface area contributed by atoms with E-state index < -0.39 is 0 Å². The molecular weight excluding hydrogens is 212 g/mol. The largest absolute Gasteiger partial charge is 0.377 e. The number of nitrogens with one attached hydrogen (secondary N) is 2. The van der Waals surface area contributed by atoms with Crippen LogP contribution in [-0.2, 0) is 4.74 Å². The second-order valence-electron chi connectivity index (χ2n) is 6.02. The van der Waals surface area contributed by atoms with Gasteiger partial charge in [-0.2, -0.15) is 0 Å². The first-order valence-electron chi connectivity index (χ1n) is 7.49. The van der Waals surface area contributed by atoms with E-state index >= 15 is 0 Å². The van der Waals surface area contributed by atoms with Gasteiger partial charge in [0, 0.05) is 25.7 Å². The lowest BCUT2D eigenvalue weighted by atomic mass is 9.94. The lowest BCUT2D eigenvalue weighted by Crippen LogP contribution is -2.41. The molecule has 4 atom stereocenters. The highest BCUT2D eigenvalue weighted by Gasteiger charge is 2.38. The quantitative estimate of drug-likeness (QED) is 0.779. The van der Waals surface area contributed by atoms with Gasteiger partial charge in [-0.3, -0.25) is 0 Å². The van der Waals surface area contributed by atoms with E-state index in [2.05, 4.69) is 10.6 Å². The number of hydrogen-bond donors (Lipinski definition) is 2. The van der Waals surface area contributed by atoms with Gasteiger partial charge in [0.1, 0.15) is 0 Å². The van der Waals surface area contributed by atoms with E-state index in [0.29, 0.717) is 6.10 Å². The van der Waals surface area contributed by atoms with Crippen LogP contribution in [0.5, 0.6) is 0 Å². The molecule has 3 rings (SSSR count). The molecule has 3 fully saturated rings. The van der Waals surface area contributed by atoms with Crippen LogP contribution in [0.4, 0.5) is 0 Å². The van der Waals surface area contributed by atoms with E-state index in [4.69, 9.17) is 4.74 Å². The van der Waals surface area contributed by atoms with Crippen molar-refractivity contribution in [3.05, 3.63) is 0 Å². The van der Waals surface area contributed by atoms with Crippen LogP contribution in [0, 0.1) is 11.8 Å². The Kier molecular flexibility index (Phi) is 3.99. The lowest BCUT2D eigenvalue weighted by molar-refractivity contribution is 0.0166. The summed E-state index contributed by atoms with van der Waals surface area (Å²) in [6, 6.07) is 0.728. The average Bonchev–Trinajstić information content (AvgIpc) is 2.95. The van der Waals surface area contributed by atoms with Crippen LogP contribution < -0.4 is 10.6 Å². The number of fused-ring (bicyclic) bond motifs is 1. The fraction of sp³-hybridized carbons (Fsp3) is 1.00. The maximum absolute atomic E-state index is 5.75. The first kappa shape index (κ1) is 11.9. The smallest absolute Gasteiger partial charge is 0.0699 e. The Balaban J connectivity index is 1.36. The Bertz CT molecular complexity index is 240. The van der Waals surface area contributed by atoms with E-state index in [1.165, 1.54) is 45.1 Å². The van der Waals surface area contributed by atoms with E-state index in [1.54, 1.807) is 0 Å². The highest BCUT2D eigenvalue weighted by atomic mass is 16.5. The third-order valence-electron chi connectivity index (χ3n) is 4.89. The van der Waals surface area contributed by atoms with Gasteiger partial charge < -0.3 is 15.4 Å².